The zero-order chi connectivity index (χ0) is 8.84. The maximum atomic E-state index is 11.6. The second-order valence-electron chi connectivity index (χ2n) is 4.90. The number of rotatable bonds is 0. The highest BCUT2D eigenvalue weighted by molar-refractivity contribution is 5.73. The molecule has 4 atom stereocenters. The summed E-state index contributed by atoms with van der Waals surface area (Å²) in [4.78, 5) is 11.6. The van der Waals surface area contributed by atoms with Crippen molar-refractivity contribution in [2.75, 3.05) is 0 Å². The van der Waals surface area contributed by atoms with Crippen molar-refractivity contribution in [2.45, 2.75) is 44.6 Å². The molecule has 2 nitrogen and oxygen atoms in total. The van der Waals surface area contributed by atoms with Crippen LogP contribution in [0.5, 0.6) is 0 Å². The van der Waals surface area contributed by atoms with Gasteiger partial charge in [0, 0.05) is 0 Å². The minimum atomic E-state index is 0.104. The number of hydrogen-bond donors (Lipinski definition) is 0. The molecule has 72 valence electrons. The lowest BCUT2D eigenvalue weighted by atomic mass is 9.68. The second-order valence-corrected chi connectivity index (χ2v) is 4.90. The molecule has 1 aliphatic heterocycles. The van der Waals surface area contributed by atoms with E-state index in [0.29, 0.717) is 0 Å². The Hall–Kier alpha value is -0.530. The third kappa shape index (κ3) is 1.18. The lowest BCUT2D eigenvalue weighted by Gasteiger charge is -2.36. The molecule has 1 saturated heterocycles. The number of carbonyl (C=O) groups excluding carboxylic acids is 1. The Morgan fingerprint density at radius 1 is 1.00 bits per heavy atom. The van der Waals surface area contributed by atoms with E-state index in [2.05, 4.69) is 0 Å². The zero-order valence-electron chi connectivity index (χ0n) is 7.87. The van der Waals surface area contributed by atoms with Crippen LogP contribution in [-0.2, 0) is 9.53 Å². The predicted molar refractivity (Wildman–Crippen MR) is 48.1 cm³/mol. The summed E-state index contributed by atoms with van der Waals surface area (Å²) in [6.45, 7) is 0. The molecule has 13 heavy (non-hydrogen) atoms. The average molecular weight is 180 g/mol. The van der Waals surface area contributed by atoms with Crippen LogP contribution < -0.4 is 0 Å². The topological polar surface area (TPSA) is 26.3 Å². The van der Waals surface area contributed by atoms with E-state index in [-0.39, 0.29) is 18.0 Å². The first kappa shape index (κ1) is 7.84. The Balaban J connectivity index is 1.91. The molecule has 3 fully saturated rings. The fourth-order valence-corrected chi connectivity index (χ4v) is 3.43. The largest absolute Gasteiger partial charge is 0.462 e. The molecule has 2 saturated carbocycles. The molecule has 0 radical (unpaired) electrons. The fraction of sp³-hybridized carbons (Fsp3) is 0.909. The highest BCUT2D eigenvalue weighted by Crippen LogP contribution is 2.46. The highest BCUT2D eigenvalue weighted by atomic mass is 16.5. The third-order valence-corrected chi connectivity index (χ3v) is 4.18. The summed E-state index contributed by atoms with van der Waals surface area (Å²) in [5, 5.41) is 0. The molecular formula is C11H16O2. The summed E-state index contributed by atoms with van der Waals surface area (Å²) < 4.78 is 5.47. The van der Waals surface area contributed by atoms with Crippen LogP contribution >= 0.6 is 0 Å². The maximum absolute atomic E-state index is 11.6. The summed E-state index contributed by atoms with van der Waals surface area (Å²) in [7, 11) is 0. The monoisotopic (exact) mass is 180 g/mol. The Labute approximate surface area is 78.6 Å². The first-order valence-corrected chi connectivity index (χ1v) is 5.53. The van der Waals surface area contributed by atoms with Crippen LogP contribution in [0.2, 0.25) is 0 Å². The van der Waals surface area contributed by atoms with Gasteiger partial charge in [-0.2, -0.15) is 0 Å². The Morgan fingerprint density at radius 2 is 1.85 bits per heavy atom. The second kappa shape index (κ2) is 2.73. The minimum absolute atomic E-state index is 0.104. The van der Waals surface area contributed by atoms with E-state index in [1.54, 1.807) is 0 Å². The van der Waals surface area contributed by atoms with Crippen LogP contribution in [0.4, 0.5) is 0 Å². The van der Waals surface area contributed by atoms with Crippen LogP contribution in [-0.4, -0.2) is 12.1 Å². The van der Waals surface area contributed by atoms with Crippen LogP contribution in [0.15, 0.2) is 0 Å². The fourth-order valence-electron chi connectivity index (χ4n) is 3.43. The molecule has 1 heterocycles. The summed E-state index contributed by atoms with van der Waals surface area (Å²) in [5.74, 6) is 2.09. The van der Waals surface area contributed by atoms with Gasteiger partial charge in [-0.15, -0.1) is 0 Å². The SMILES string of the molecule is O=C1OC2CCC3CCC1CC3C2. The molecule has 2 aliphatic carbocycles. The Kier molecular flexibility index (Phi) is 1.64. The van der Waals surface area contributed by atoms with Crippen molar-refractivity contribution in [2.24, 2.45) is 17.8 Å². The van der Waals surface area contributed by atoms with Crippen LogP contribution in [0, 0.1) is 17.8 Å². The van der Waals surface area contributed by atoms with Crippen LogP contribution in [0.1, 0.15) is 38.5 Å². The molecule has 0 N–H and O–H groups in total. The van der Waals surface area contributed by atoms with Gasteiger partial charge in [0.2, 0.25) is 0 Å². The molecule has 3 aliphatic rings. The summed E-state index contributed by atoms with van der Waals surface area (Å²) in [6, 6.07) is 0. The van der Waals surface area contributed by atoms with Gasteiger partial charge in [0.25, 0.3) is 0 Å². The van der Waals surface area contributed by atoms with Crippen LogP contribution in [0.25, 0.3) is 0 Å². The van der Waals surface area contributed by atoms with Gasteiger partial charge < -0.3 is 4.74 Å². The molecule has 3 bridgehead atoms. The van der Waals surface area contributed by atoms with Crippen molar-refractivity contribution in [3.05, 3.63) is 0 Å². The highest BCUT2D eigenvalue weighted by Gasteiger charge is 2.42. The van der Waals surface area contributed by atoms with E-state index >= 15 is 0 Å². The number of ether oxygens (including phenoxy) is 1. The molecule has 4 unspecified atom stereocenters. The van der Waals surface area contributed by atoms with E-state index in [1.807, 2.05) is 0 Å². The van der Waals surface area contributed by atoms with E-state index in [9.17, 15) is 4.79 Å². The Bertz CT molecular complexity index is 236. The third-order valence-electron chi connectivity index (χ3n) is 4.18. The van der Waals surface area contributed by atoms with Crippen molar-refractivity contribution in [1.29, 1.82) is 0 Å². The zero-order valence-corrected chi connectivity index (χ0v) is 7.87. The van der Waals surface area contributed by atoms with Gasteiger partial charge in [0.15, 0.2) is 0 Å². The van der Waals surface area contributed by atoms with Gasteiger partial charge in [-0.05, 0) is 50.4 Å². The van der Waals surface area contributed by atoms with Crippen LogP contribution in [0.3, 0.4) is 0 Å². The van der Waals surface area contributed by atoms with E-state index in [0.717, 1.165) is 37.5 Å². The molecule has 0 aromatic heterocycles. The lowest BCUT2D eigenvalue weighted by molar-refractivity contribution is -0.152. The average Bonchev–Trinajstić information content (AvgIpc) is 2.22. The normalized spacial score (nSPS) is 48.5. The van der Waals surface area contributed by atoms with E-state index < -0.39 is 0 Å². The van der Waals surface area contributed by atoms with Crippen molar-refractivity contribution < 1.29 is 9.53 Å². The van der Waals surface area contributed by atoms with Gasteiger partial charge in [-0.25, -0.2) is 0 Å². The van der Waals surface area contributed by atoms with Crippen molar-refractivity contribution >= 4 is 5.97 Å². The smallest absolute Gasteiger partial charge is 0.309 e. The molecule has 0 spiro atoms. The predicted octanol–water partition coefficient (Wildman–Crippen LogP) is 2.13. The number of carbonyl (C=O) groups is 1. The van der Waals surface area contributed by atoms with Crippen molar-refractivity contribution in [1.82, 2.24) is 0 Å². The number of esters is 1. The Morgan fingerprint density at radius 3 is 2.77 bits per heavy atom. The molecular weight excluding hydrogens is 164 g/mol. The van der Waals surface area contributed by atoms with Gasteiger partial charge in [0.1, 0.15) is 6.10 Å². The molecule has 0 amide bonds. The van der Waals surface area contributed by atoms with Gasteiger partial charge in [-0.3, -0.25) is 4.79 Å². The maximum Gasteiger partial charge on any atom is 0.309 e. The summed E-state index contributed by atoms with van der Waals surface area (Å²) in [6.07, 6.45) is 7.35. The lowest BCUT2D eigenvalue weighted by Crippen LogP contribution is -2.30. The van der Waals surface area contributed by atoms with Gasteiger partial charge in [0.05, 0.1) is 5.92 Å². The molecule has 0 aromatic carbocycles. The van der Waals surface area contributed by atoms with Crippen molar-refractivity contribution in [3.8, 4) is 0 Å². The molecule has 0 aromatic rings. The number of hydrogen-bond acceptors (Lipinski definition) is 2. The minimum Gasteiger partial charge on any atom is -0.462 e. The first-order chi connectivity index (χ1) is 6.33. The molecule has 2 heteroatoms. The quantitative estimate of drug-likeness (QED) is 0.534. The summed E-state index contributed by atoms with van der Waals surface area (Å²) in [5.41, 5.74) is 0. The number of fused-ring (bicyclic) bond motifs is 2. The van der Waals surface area contributed by atoms with Gasteiger partial charge in [-0.1, -0.05) is 0 Å². The first-order valence-electron chi connectivity index (χ1n) is 5.53. The molecule has 3 rings (SSSR count). The van der Waals surface area contributed by atoms with E-state index in [4.69, 9.17) is 4.74 Å². The summed E-state index contributed by atoms with van der Waals surface area (Å²) >= 11 is 0. The standard InChI is InChI=1S/C11H16O2/c12-11-8-2-1-7-3-4-10(13-11)6-9(7)5-8/h7-10H,1-6H2. The van der Waals surface area contributed by atoms with Crippen molar-refractivity contribution in [3.63, 3.8) is 0 Å². The van der Waals surface area contributed by atoms with Gasteiger partial charge >= 0.3 is 5.97 Å². The van der Waals surface area contributed by atoms with E-state index in [1.165, 1.54) is 12.8 Å².